The molecule has 11 aromatic rings. The summed E-state index contributed by atoms with van der Waals surface area (Å²) in [4.78, 5) is 5.28. The lowest BCUT2D eigenvalue weighted by Crippen LogP contribution is -2.61. The lowest BCUT2D eigenvalue weighted by Gasteiger charge is -2.46. The van der Waals surface area contributed by atoms with Crippen molar-refractivity contribution in [3.63, 3.8) is 0 Å². The van der Waals surface area contributed by atoms with Gasteiger partial charge in [-0.1, -0.05) is 226 Å². The minimum atomic E-state index is -0.215. The first-order valence-electron chi connectivity index (χ1n) is 27.7. The summed E-state index contributed by atoms with van der Waals surface area (Å²) in [7, 11) is 0. The standard InChI is InChI=1S/C74H53BN4/c76-48-50-32-36-53(37-33-50)59-40-42-68-66(44-59)75-67-45-60(54-38-34-51(49-77)35-39-54)41-43-69(67)79(74-64(57-24-12-4-13-25-57)30-17-31-65(74)58-26-14-5-15-27-58)71-47-61(52-18-6-1-7-19-52)46-70(72(71)75)78(68)73-62(55-20-8-2-9-21-55)28-16-29-63(73)56-22-10-3-11-23-56/h2-5,8-17,20-47,52H,1,6-7,18-19H2. The Kier molecular flexibility index (Phi) is 12.2. The van der Waals surface area contributed by atoms with E-state index in [2.05, 4.69) is 252 Å². The van der Waals surface area contributed by atoms with Crippen molar-refractivity contribution in [3.05, 3.63) is 271 Å². The number of nitriles is 2. The van der Waals surface area contributed by atoms with E-state index in [1.807, 2.05) is 24.3 Å². The van der Waals surface area contributed by atoms with Crippen LogP contribution >= 0.6 is 0 Å². The topological polar surface area (TPSA) is 54.1 Å². The number of para-hydroxylation sites is 2. The van der Waals surface area contributed by atoms with Crippen LogP contribution in [0.25, 0.3) is 66.8 Å². The zero-order chi connectivity index (χ0) is 52.8. The molecule has 4 nitrogen and oxygen atoms in total. The predicted octanol–water partition coefficient (Wildman–Crippen LogP) is 17.6. The van der Waals surface area contributed by atoms with E-state index in [-0.39, 0.29) is 6.71 Å². The van der Waals surface area contributed by atoms with Crippen LogP contribution in [-0.4, -0.2) is 6.71 Å². The van der Waals surface area contributed by atoms with Crippen LogP contribution in [0.3, 0.4) is 0 Å². The Morgan fingerprint density at radius 3 is 1.04 bits per heavy atom. The normalized spacial score (nSPS) is 13.4. The molecular weight excluding hydrogens is 956 g/mol. The van der Waals surface area contributed by atoms with E-state index in [9.17, 15) is 10.5 Å². The highest BCUT2D eigenvalue weighted by Gasteiger charge is 2.46. The van der Waals surface area contributed by atoms with Gasteiger partial charge in [0.05, 0.1) is 34.6 Å². The van der Waals surface area contributed by atoms with Crippen molar-refractivity contribution < 1.29 is 0 Å². The van der Waals surface area contributed by atoms with Crippen LogP contribution in [0.4, 0.5) is 34.1 Å². The number of nitrogens with zero attached hydrogens (tertiary/aromatic N) is 4. The summed E-state index contributed by atoms with van der Waals surface area (Å²) >= 11 is 0. The third-order valence-electron chi connectivity index (χ3n) is 16.7. The van der Waals surface area contributed by atoms with Gasteiger partial charge in [-0.15, -0.1) is 0 Å². The number of anilines is 6. The summed E-state index contributed by atoms with van der Waals surface area (Å²) < 4.78 is 0. The second kappa shape index (κ2) is 20.2. The number of hydrogen-bond acceptors (Lipinski definition) is 4. The van der Waals surface area contributed by atoms with E-state index in [1.165, 1.54) is 52.6 Å². The molecule has 0 spiro atoms. The highest BCUT2D eigenvalue weighted by atomic mass is 15.2. The molecule has 1 fully saturated rings. The van der Waals surface area contributed by atoms with Crippen LogP contribution in [-0.2, 0) is 0 Å². The Morgan fingerprint density at radius 2 is 0.684 bits per heavy atom. The average molecular weight is 1010 g/mol. The van der Waals surface area contributed by atoms with Gasteiger partial charge < -0.3 is 9.80 Å². The Bertz CT molecular complexity index is 3800. The molecule has 0 radical (unpaired) electrons. The minimum Gasteiger partial charge on any atom is -0.310 e. The van der Waals surface area contributed by atoms with Gasteiger partial charge in [-0.05, 0) is 134 Å². The average Bonchev–Trinajstić information content (AvgIpc) is 3.66. The molecule has 1 saturated carbocycles. The molecule has 372 valence electrons. The molecule has 0 amide bonds. The van der Waals surface area contributed by atoms with Crippen LogP contribution in [0.2, 0.25) is 0 Å². The van der Waals surface area contributed by atoms with Gasteiger partial charge in [0.15, 0.2) is 0 Å². The fourth-order valence-corrected chi connectivity index (χ4v) is 13.0. The maximum Gasteiger partial charge on any atom is 0.252 e. The minimum absolute atomic E-state index is 0.215. The van der Waals surface area contributed by atoms with Crippen molar-refractivity contribution in [2.24, 2.45) is 0 Å². The summed E-state index contributed by atoms with van der Waals surface area (Å²) in [5.74, 6) is 0.383. The zero-order valence-corrected chi connectivity index (χ0v) is 43.7. The Hall–Kier alpha value is -9.94. The lowest BCUT2D eigenvalue weighted by atomic mass is 9.33. The van der Waals surface area contributed by atoms with Gasteiger partial charge in [0.2, 0.25) is 0 Å². The highest BCUT2D eigenvalue weighted by molar-refractivity contribution is 7.00. The van der Waals surface area contributed by atoms with Gasteiger partial charge in [0.25, 0.3) is 6.71 Å². The SMILES string of the molecule is N#Cc1ccc(-c2ccc3c(c2)B2c4cc(-c5ccc(C#N)cc5)ccc4N(c4c(-c5ccccc5)cccc4-c4ccccc4)c4cc(C5CCCCC5)cc(c42)N3c2c(-c3ccccc3)cccc2-c2ccccc2)cc1. The lowest BCUT2D eigenvalue weighted by molar-refractivity contribution is 0.444. The zero-order valence-electron chi connectivity index (χ0n) is 43.7. The maximum atomic E-state index is 9.92. The highest BCUT2D eigenvalue weighted by Crippen LogP contribution is 2.54. The van der Waals surface area contributed by atoms with Crippen molar-refractivity contribution >= 4 is 57.2 Å². The molecule has 5 heteroatoms. The molecule has 2 aliphatic heterocycles. The summed E-state index contributed by atoms with van der Waals surface area (Å²) in [6, 6.07) is 97.3. The molecule has 0 bridgehead atoms. The van der Waals surface area contributed by atoms with Gasteiger partial charge in [0, 0.05) is 45.0 Å². The summed E-state index contributed by atoms with van der Waals surface area (Å²) in [6.45, 7) is -0.215. The molecule has 0 atom stereocenters. The van der Waals surface area contributed by atoms with Crippen molar-refractivity contribution in [2.45, 2.75) is 38.0 Å². The molecule has 0 unspecified atom stereocenters. The van der Waals surface area contributed by atoms with E-state index in [1.54, 1.807) is 0 Å². The first kappa shape index (κ1) is 47.5. The summed E-state index contributed by atoms with van der Waals surface area (Å²) in [5, 5.41) is 19.8. The fourth-order valence-electron chi connectivity index (χ4n) is 13.0. The van der Waals surface area contributed by atoms with E-state index in [4.69, 9.17) is 0 Å². The number of rotatable bonds is 9. The van der Waals surface area contributed by atoms with Crippen molar-refractivity contribution in [2.75, 3.05) is 9.80 Å². The number of fused-ring (bicyclic) bond motifs is 4. The van der Waals surface area contributed by atoms with Crippen LogP contribution in [0.15, 0.2) is 255 Å². The van der Waals surface area contributed by atoms with Crippen molar-refractivity contribution in [1.29, 1.82) is 10.5 Å². The van der Waals surface area contributed by atoms with E-state index in [0.717, 1.165) is 102 Å². The number of hydrogen-bond donors (Lipinski definition) is 0. The molecule has 2 heterocycles. The Balaban J connectivity index is 1.15. The molecule has 11 aromatic carbocycles. The van der Waals surface area contributed by atoms with Crippen LogP contribution < -0.4 is 26.2 Å². The van der Waals surface area contributed by atoms with E-state index < -0.39 is 0 Å². The first-order valence-corrected chi connectivity index (χ1v) is 27.7. The second-order valence-electron chi connectivity index (χ2n) is 21.2. The number of benzene rings is 11. The predicted molar refractivity (Wildman–Crippen MR) is 328 cm³/mol. The summed E-state index contributed by atoms with van der Waals surface area (Å²) in [6.07, 6.45) is 5.96. The quantitative estimate of drug-likeness (QED) is 0.135. The summed E-state index contributed by atoms with van der Waals surface area (Å²) in [5.41, 5.74) is 26.6. The Morgan fingerprint density at radius 1 is 0.329 bits per heavy atom. The third kappa shape index (κ3) is 8.40. The third-order valence-corrected chi connectivity index (χ3v) is 16.7. The molecule has 3 aliphatic rings. The van der Waals surface area contributed by atoms with Gasteiger partial charge in [0.1, 0.15) is 0 Å². The molecule has 1 aliphatic carbocycles. The van der Waals surface area contributed by atoms with Crippen LogP contribution in [0, 0.1) is 22.7 Å². The Labute approximate surface area is 463 Å². The molecule has 0 N–H and O–H groups in total. The molecule has 79 heavy (non-hydrogen) atoms. The monoisotopic (exact) mass is 1010 g/mol. The van der Waals surface area contributed by atoms with Gasteiger partial charge in [-0.25, -0.2) is 0 Å². The fraction of sp³-hybridized carbons (Fsp3) is 0.0811. The smallest absolute Gasteiger partial charge is 0.252 e. The molecule has 0 saturated heterocycles. The van der Waals surface area contributed by atoms with Crippen molar-refractivity contribution in [3.8, 4) is 78.9 Å². The molecule has 14 rings (SSSR count). The van der Waals surface area contributed by atoms with Crippen LogP contribution in [0.1, 0.15) is 54.7 Å². The van der Waals surface area contributed by atoms with E-state index >= 15 is 0 Å². The van der Waals surface area contributed by atoms with Crippen molar-refractivity contribution in [1.82, 2.24) is 0 Å². The second-order valence-corrected chi connectivity index (χ2v) is 21.2. The molecular formula is C74H53BN4. The molecule has 0 aromatic heterocycles. The van der Waals surface area contributed by atoms with Gasteiger partial charge in [-0.2, -0.15) is 10.5 Å². The first-order chi connectivity index (χ1) is 39.1. The largest absolute Gasteiger partial charge is 0.310 e. The maximum absolute atomic E-state index is 9.92. The van der Waals surface area contributed by atoms with Crippen LogP contribution in [0.5, 0.6) is 0 Å². The van der Waals surface area contributed by atoms with E-state index in [0.29, 0.717) is 17.0 Å². The van der Waals surface area contributed by atoms with Gasteiger partial charge in [-0.3, -0.25) is 0 Å². The van der Waals surface area contributed by atoms with Gasteiger partial charge >= 0.3 is 0 Å².